The van der Waals surface area contributed by atoms with Crippen molar-refractivity contribution in [2.45, 2.75) is 38.1 Å². The minimum atomic E-state index is 0.0159. The summed E-state index contributed by atoms with van der Waals surface area (Å²) in [5, 5.41) is 7.36. The van der Waals surface area contributed by atoms with Crippen LogP contribution in [0.1, 0.15) is 42.1 Å². The molecule has 1 saturated heterocycles. The van der Waals surface area contributed by atoms with Crippen LogP contribution in [-0.2, 0) is 12.8 Å². The minimum absolute atomic E-state index is 0.0159. The summed E-state index contributed by atoms with van der Waals surface area (Å²) in [4.78, 5) is 16.0. The predicted molar refractivity (Wildman–Crippen MR) is 146 cm³/mol. The van der Waals surface area contributed by atoms with Gasteiger partial charge in [0.15, 0.2) is 0 Å². The van der Waals surface area contributed by atoms with Gasteiger partial charge in [-0.3, -0.25) is 4.79 Å². The third-order valence-electron chi connectivity index (χ3n) is 7.20. The number of likely N-dealkylation sites (tertiary alicyclic amines) is 1. The van der Waals surface area contributed by atoms with Crippen molar-refractivity contribution in [3.8, 4) is 5.75 Å². The summed E-state index contributed by atoms with van der Waals surface area (Å²) >= 11 is 6.08. The molecule has 0 N–H and O–H groups in total. The molecule has 1 aliphatic rings. The van der Waals surface area contributed by atoms with Gasteiger partial charge in [0.25, 0.3) is 5.56 Å². The molecule has 36 heavy (non-hydrogen) atoms. The summed E-state index contributed by atoms with van der Waals surface area (Å²) in [6, 6.07) is 24.1. The van der Waals surface area contributed by atoms with E-state index < -0.39 is 0 Å². The first-order valence-corrected chi connectivity index (χ1v) is 13.1. The van der Waals surface area contributed by atoms with Crippen molar-refractivity contribution < 1.29 is 4.74 Å². The molecule has 0 bridgehead atoms. The maximum absolute atomic E-state index is 13.5. The number of nitrogens with zero attached hydrogens (tertiary/aromatic N) is 3. The third-order valence-corrected chi connectivity index (χ3v) is 7.45. The van der Waals surface area contributed by atoms with Crippen molar-refractivity contribution in [1.82, 2.24) is 14.7 Å². The minimum Gasteiger partial charge on any atom is -0.497 e. The van der Waals surface area contributed by atoms with E-state index in [1.165, 1.54) is 5.56 Å². The molecule has 0 amide bonds. The SMILES string of the molecule is COc1ccc(CCN2CCCC(n3nc(Cc4ccc(Cl)cc4)c4ccccc4c3=O)CC2)cc1. The van der Waals surface area contributed by atoms with Gasteiger partial charge >= 0.3 is 0 Å². The largest absolute Gasteiger partial charge is 0.497 e. The van der Waals surface area contributed by atoms with E-state index in [-0.39, 0.29) is 11.6 Å². The maximum atomic E-state index is 13.5. The molecule has 6 heteroatoms. The first-order chi connectivity index (χ1) is 17.6. The monoisotopic (exact) mass is 501 g/mol. The van der Waals surface area contributed by atoms with Gasteiger partial charge in [-0.2, -0.15) is 5.10 Å². The van der Waals surface area contributed by atoms with Crippen LogP contribution >= 0.6 is 11.6 Å². The topological polar surface area (TPSA) is 47.4 Å². The van der Waals surface area contributed by atoms with Crippen LogP contribution in [-0.4, -0.2) is 41.4 Å². The van der Waals surface area contributed by atoms with Crippen molar-refractivity contribution in [2.24, 2.45) is 0 Å². The Kier molecular flexibility index (Phi) is 7.69. The van der Waals surface area contributed by atoms with Crippen LogP contribution < -0.4 is 10.3 Å². The molecule has 0 radical (unpaired) electrons. The standard InChI is InChI=1S/C30H32ClN3O2/c1-36-26-14-10-22(11-15-26)16-19-33-18-4-5-25(17-20-33)34-30(35)28-7-3-2-6-27(28)29(32-34)21-23-8-12-24(31)13-9-23/h2-3,6-15,25H,4-5,16-21H2,1H3. The zero-order valence-corrected chi connectivity index (χ0v) is 21.5. The Morgan fingerprint density at radius 2 is 1.64 bits per heavy atom. The number of hydrogen-bond donors (Lipinski definition) is 0. The molecule has 1 fully saturated rings. The molecule has 5 nitrogen and oxygen atoms in total. The lowest BCUT2D eigenvalue weighted by Crippen LogP contribution is -2.30. The van der Waals surface area contributed by atoms with E-state index in [9.17, 15) is 4.79 Å². The molecule has 186 valence electrons. The fraction of sp³-hybridized carbons (Fsp3) is 0.333. The quantitative estimate of drug-likeness (QED) is 0.315. The summed E-state index contributed by atoms with van der Waals surface area (Å²) in [6.07, 6.45) is 4.62. The molecular formula is C30H32ClN3O2. The Morgan fingerprint density at radius 1 is 0.917 bits per heavy atom. The highest BCUT2D eigenvalue weighted by atomic mass is 35.5. The average Bonchev–Trinajstić information content (AvgIpc) is 3.16. The molecule has 2 heterocycles. The molecule has 4 aromatic rings. The Bertz CT molecular complexity index is 1370. The van der Waals surface area contributed by atoms with Gasteiger partial charge in [0.1, 0.15) is 5.75 Å². The van der Waals surface area contributed by atoms with Gasteiger partial charge in [-0.1, -0.05) is 54.1 Å². The summed E-state index contributed by atoms with van der Waals surface area (Å²) < 4.78 is 7.05. The van der Waals surface area contributed by atoms with Gasteiger partial charge in [0.2, 0.25) is 0 Å². The lowest BCUT2D eigenvalue weighted by atomic mass is 10.0. The summed E-state index contributed by atoms with van der Waals surface area (Å²) in [5.74, 6) is 0.889. The number of ether oxygens (including phenoxy) is 1. The molecule has 1 aromatic heterocycles. The summed E-state index contributed by atoms with van der Waals surface area (Å²) in [6.45, 7) is 3.03. The first kappa shape index (κ1) is 24.5. The Hall–Kier alpha value is -3.15. The summed E-state index contributed by atoms with van der Waals surface area (Å²) in [5.41, 5.74) is 3.40. The maximum Gasteiger partial charge on any atom is 0.274 e. The molecule has 0 spiro atoms. The molecule has 1 atom stereocenters. The van der Waals surface area contributed by atoms with Crippen LogP contribution in [0.15, 0.2) is 77.6 Å². The van der Waals surface area contributed by atoms with E-state index in [1.807, 2.05) is 60.7 Å². The first-order valence-electron chi connectivity index (χ1n) is 12.7. The zero-order chi connectivity index (χ0) is 24.9. The molecule has 5 rings (SSSR count). The van der Waals surface area contributed by atoms with Crippen molar-refractivity contribution >= 4 is 22.4 Å². The Balaban J connectivity index is 1.33. The molecule has 1 unspecified atom stereocenters. The number of fused-ring (bicyclic) bond motifs is 1. The van der Waals surface area contributed by atoms with Gasteiger partial charge in [0, 0.05) is 29.9 Å². The van der Waals surface area contributed by atoms with Crippen molar-refractivity contribution in [2.75, 3.05) is 26.7 Å². The second-order valence-electron chi connectivity index (χ2n) is 9.57. The highest BCUT2D eigenvalue weighted by Gasteiger charge is 2.22. The van der Waals surface area contributed by atoms with Crippen molar-refractivity contribution in [1.29, 1.82) is 0 Å². The number of benzene rings is 3. The number of aromatic nitrogens is 2. The molecule has 1 aliphatic heterocycles. The molecule has 3 aromatic carbocycles. The number of rotatable bonds is 7. The zero-order valence-electron chi connectivity index (χ0n) is 20.7. The van der Waals surface area contributed by atoms with Gasteiger partial charge < -0.3 is 9.64 Å². The van der Waals surface area contributed by atoms with E-state index in [0.717, 1.165) is 78.1 Å². The highest BCUT2D eigenvalue weighted by molar-refractivity contribution is 6.30. The van der Waals surface area contributed by atoms with Crippen molar-refractivity contribution in [3.05, 3.63) is 105 Å². The van der Waals surface area contributed by atoms with Crippen LogP contribution in [0.5, 0.6) is 5.75 Å². The van der Waals surface area contributed by atoms with E-state index in [0.29, 0.717) is 6.42 Å². The third kappa shape index (κ3) is 5.63. The number of halogens is 1. The van der Waals surface area contributed by atoms with Gasteiger partial charge in [-0.25, -0.2) is 4.68 Å². The fourth-order valence-electron chi connectivity index (χ4n) is 5.13. The highest BCUT2D eigenvalue weighted by Crippen LogP contribution is 2.24. The molecule has 0 saturated carbocycles. The summed E-state index contributed by atoms with van der Waals surface area (Å²) in [7, 11) is 1.69. The normalized spacial score (nSPS) is 16.7. The second-order valence-corrected chi connectivity index (χ2v) is 10.0. The van der Waals surface area contributed by atoms with Gasteiger partial charge in [-0.15, -0.1) is 0 Å². The number of hydrogen-bond acceptors (Lipinski definition) is 4. The van der Waals surface area contributed by atoms with E-state index >= 15 is 0 Å². The van der Waals surface area contributed by atoms with Gasteiger partial charge in [0.05, 0.1) is 24.2 Å². The fourth-order valence-corrected chi connectivity index (χ4v) is 5.26. The predicted octanol–water partition coefficient (Wildman–Crippen LogP) is 5.92. The second kappa shape index (κ2) is 11.3. The Morgan fingerprint density at radius 3 is 2.39 bits per heavy atom. The smallest absolute Gasteiger partial charge is 0.274 e. The molecular weight excluding hydrogens is 470 g/mol. The lowest BCUT2D eigenvalue weighted by molar-refractivity contribution is 0.281. The van der Waals surface area contributed by atoms with Crippen LogP contribution in [0.2, 0.25) is 5.02 Å². The van der Waals surface area contributed by atoms with E-state index in [4.69, 9.17) is 21.4 Å². The lowest BCUT2D eigenvalue weighted by Gasteiger charge is -2.21. The van der Waals surface area contributed by atoms with Crippen LogP contribution in [0.25, 0.3) is 10.8 Å². The van der Waals surface area contributed by atoms with E-state index in [2.05, 4.69) is 17.0 Å². The van der Waals surface area contributed by atoms with Crippen LogP contribution in [0.4, 0.5) is 0 Å². The van der Waals surface area contributed by atoms with Gasteiger partial charge in [-0.05, 0) is 73.7 Å². The Labute approximate surface area is 217 Å². The van der Waals surface area contributed by atoms with Crippen molar-refractivity contribution in [3.63, 3.8) is 0 Å². The average molecular weight is 502 g/mol. The van der Waals surface area contributed by atoms with Crippen LogP contribution in [0, 0.1) is 0 Å². The number of methoxy groups -OCH3 is 1. The molecule has 0 aliphatic carbocycles. The van der Waals surface area contributed by atoms with Crippen LogP contribution in [0.3, 0.4) is 0 Å². The van der Waals surface area contributed by atoms with E-state index in [1.54, 1.807) is 11.8 Å².